The minimum atomic E-state index is -1.14. The fraction of sp³-hybridized carbons (Fsp3) is 0.423. The number of hydrogen-bond acceptors (Lipinski definition) is 5. The number of aliphatic carboxylic acids is 1. The number of hydrogen-bond donors (Lipinski definition) is 3. The normalized spacial score (nSPS) is 19.7. The number of carboxylic acids is 1. The van der Waals surface area contributed by atoms with Crippen LogP contribution in [0.25, 0.3) is 11.1 Å². The van der Waals surface area contributed by atoms with E-state index in [0.29, 0.717) is 0 Å². The number of methoxy groups -OCH3 is 1. The number of nitrogens with one attached hydrogen (secondary N) is 2. The molecule has 8 heteroatoms. The van der Waals surface area contributed by atoms with Crippen LogP contribution in [0.2, 0.25) is 0 Å². The molecule has 4 rings (SSSR count). The van der Waals surface area contributed by atoms with Crippen LogP contribution in [0.1, 0.15) is 42.7 Å². The zero-order valence-corrected chi connectivity index (χ0v) is 19.2. The van der Waals surface area contributed by atoms with Crippen LogP contribution in [0.5, 0.6) is 0 Å². The van der Waals surface area contributed by atoms with Gasteiger partial charge in [-0.25, -0.2) is 9.59 Å². The molecule has 0 heterocycles. The van der Waals surface area contributed by atoms with E-state index < -0.39 is 18.1 Å². The molecule has 2 aliphatic carbocycles. The summed E-state index contributed by atoms with van der Waals surface area (Å²) in [5.74, 6) is -1.60. The first-order valence-electron chi connectivity index (χ1n) is 11.6. The summed E-state index contributed by atoms with van der Waals surface area (Å²) in [6.45, 7) is 0.127. The van der Waals surface area contributed by atoms with Crippen LogP contribution in [0.4, 0.5) is 4.79 Å². The maximum absolute atomic E-state index is 12.6. The van der Waals surface area contributed by atoms with E-state index in [4.69, 9.17) is 9.47 Å². The molecule has 2 aromatic carbocycles. The number of alkyl carbamates (subject to hydrolysis) is 1. The van der Waals surface area contributed by atoms with Crippen molar-refractivity contribution >= 4 is 18.0 Å². The van der Waals surface area contributed by atoms with Gasteiger partial charge in [0.25, 0.3) is 0 Å². The number of amides is 2. The van der Waals surface area contributed by atoms with Gasteiger partial charge in [0, 0.05) is 25.5 Å². The largest absolute Gasteiger partial charge is 0.480 e. The summed E-state index contributed by atoms with van der Waals surface area (Å²) in [6.07, 6.45) is 2.06. The van der Waals surface area contributed by atoms with E-state index in [2.05, 4.69) is 34.9 Å². The van der Waals surface area contributed by atoms with Crippen LogP contribution in [0.3, 0.4) is 0 Å². The third-order valence-corrected chi connectivity index (χ3v) is 6.72. The molecule has 180 valence electrons. The van der Waals surface area contributed by atoms with Crippen molar-refractivity contribution in [1.29, 1.82) is 0 Å². The molecule has 34 heavy (non-hydrogen) atoms. The fourth-order valence-electron chi connectivity index (χ4n) is 5.10. The maximum atomic E-state index is 12.6. The molecule has 3 unspecified atom stereocenters. The van der Waals surface area contributed by atoms with Crippen molar-refractivity contribution in [3.63, 3.8) is 0 Å². The molecule has 1 fully saturated rings. The Labute approximate surface area is 198 Å². The molecular formula is C26H30N2O6. The Kier molecular flexibility index (Phi) is 7.47. The number of fused-ring (bicyclic) bond motifs is 3. The summed E-state index contributed by atoms with van der Waals surface area (Å²) in [5.41, 5.74) is 4.64. The van der Waals surface area contributed by atoms with Crippen LogP contribution in [-0.2, 0) is 19.1 Å². The van der Waals surface area contributed by atoms with Gasteiger partial charge in [0.2, 0.25) is 5.91 Å². The van der Waals surface area contributed by atoms with E-state index >= 15 is 0 Å². The minimum absolute atomic E-state index is 0.0166. The molecule has 8 nitrogen and oxygen atoms in total. The van der Waals surface area contributed by atoms with Gasteiger partial charge in [0.15, 0.2) is 6.04 Å². The van der Waals surface area contributed by atoms with Gasteiger partial charge < -0.3 is 25.2 Å². The third kappa shape index (κ3) is 5.22. The highest BCUT2D eigenvalue weighted by molar-refractivity contribution is 5.84. The van der Waals surface area contributed by atoms with Gasteiger partial charge in [-0.1, -0.05) is 55.0 Å². The first-order valence-corrected chi connectivity index (χ1v) is 11.6. The lowest BCUT2D eigenvalue weighted by Crippen LogP contribution is -2.45. The molecule has 0 aromatic heterocycles. The van der Waals surface area contributed by atoms with Gasteiger partial charge >= 0.3 is 12.1 Å². The van der Waals surface area contributed by atoms with Gasteiger partial charge in [0.1, 0.15) is 6.61 Å². The first-order chi connectivity index (χ1) is 16.5. The molecule has 3 N–H and O–H groups in total. The number of benzene rings is 2. The number of rotatable bonds is 9. The first kappa shape index (κ1) is 23.8. The quantitative estimate of drug-likeness (QED) is 0.523. The molecule has 0 spiro atoms. The Morgan fingerprint density at radius 3 is 2.29 bits per heavy atom. The molecule has 1 saturated carbocycles. The summed E-state index contributed by atoms with van der Waals surface area (Å²) >= 11 is 0. The highest BCUT2D eigenvalue weighted by atomic mass is 16.5. The smallest absolute Gasteiger partial charge is 0.407 e. The summed E-state index contributed by atoms with van der Waals surface area (Å²) in [5, 5.41) is 14.6. The van der Waals surface area contributed by atoms with Crippen molar-refractivity contribution in [2.45, 2.75) is 43.7 Å². The monoisotopic (exact) mass is 466 g/mol. The van der Waals surface area contributed by atoms with E-state index in [0.717, 1.165) is 30.4 Å². The average Bonchev–Trinajstić information content (AvgIpc) is 3.39. The summed E-state index contributed by atoms with van der Waals surface area (Å²) in [7, 11) is 1.38. The van der Waals surface area contributed by atoms with Gasteiger partial charge in [-0.05, 0) is 41.0 Å². The summed E-state index contributed by atoms with van der Waals surface area (Å²) in [4.78, 5) is 36.3. The van der Waals surface area contributed by atoms with Gasteiger partial charge in [-0.3, -0.25) is 4.79 Å². The van der Waals surface area contributed by atoms with E-state index in [1.54, 1.807) is 0 Å². The number of ether oxygens (including phenoxy) is 2. The number of carbonyl (C=O) groups excluding carboxylic acids is 2. The van der Waals surface area contributed by atoms with Crippen molar-refractivity contribution in [3.8, 4) is 11.1 Å². The fourth-order valence-corrected chi connectivity index (χ4v) is 5.10. The van der Waals surface area contributed by atoms with Crippen LogP contribution >= 0.6 is 0 Å². The molecule has 3 atom stereocenters. The van der Waals surface area contributed by atoms with Crippen molar-refractivity contribution in [2.75, 3.05) is 20.3 Å². The minimum Gasteiger partial charge on any atom is -0.480 e. The van der Waals surface area contributed by atoms with Crippen LogP contribution in [0.15, 0.2) is 48.5 Å². The van der Waals surface area contributed by atoms with E-state index in [1.165, 1.54) is 18.2 Å². The lowest BCUT2D eigenvalue weighted by molar-refractivity contribution is -0.143. The van der Waals surface area contributed by atoms with Crippen molar-refractivity contribution < 1.29 is 29.0 Å². The molecular weight excluding hydrogens is 436 g/mol. The van der Waals surface area contributed by atoms with E-state index in [1.807, 2.05) is 24.3 Å². The second-order valence-corrected chi connectivity index (χ2v) is 8.89. The Hall–Kier alpha value is -3.39. The number of carboxylic acid groups (broad SMARTS) is 1. The predicted molar refractivity (Wildman–Crippen MR) is 125 cm³/mol. The lowest BCUT2D eigenvalue weighted by atomic mass is 9.98. The lowest BCUT2D eigenvalue weighted by Gasteiger charge is -2.22. The second kappa shape index (κ2) is 10.7. The predicted octanol–water partition coefficient (Wildman–Crippen LogP) is 3.30. The molecule has 0 bridgehead atoms. The number of carbonyl (C=O) groups is 3. The average molecular weight is 467 g/mol. The molecule has 0 aliphatic heterocycles. The van der Waals surface area contributed by atoms with Gasteiger partial charge in [-0.2, -0.15) is 0 Å². The van der Waals surface area contributed by atoms with Crippen LogP contribution in [0, 0.1) is 5.92 Å². The Morgan fingerprint density at radius 2 is 1.68 bits per heavy atom. The maximum Gasteiger partial charge on any atom is 0.407 e. The zero-order chi connectivity index (χ0) is 24.1. The Morgan fingerprint density at radius 1 is 1.03 bits per heavy atom. The van der Waals surface area contributed by atoms with Crippen LogP contribution < -0.4 is 10.6 Å². The molecule has 0 radical (unpaired) electrons. The highest BCUT2D eigenvalue weighted by Gasteiger charge is 2.33. The SMILES string of the molecule is COCC(NC(=O)CC1CCCC1NC(=O)OCC1c2ccccc2-c2ccccc21)C(=O)O. The summed E-state index contributed by atoms with van der Waals surface area (Å²) < 4.78 is 10.5. The molecule has 0 saturated heterocycles. The van der Waals surface area contributed by atoms with E-state index in [-0.39, 0.29) is 43.4 Å². The topological polar surface area (TPSA) is 114 Å². The van der Waals surface area contributed by atoms with E-state index in [9.17, 15) is 19.5 Å². The Balaban J connectivity index is 1.32. The standard InChI is InChI=1S/C26H30N2O6/c1-33-15-23(25(30)31)27-24(29)13-16-7-6-12-22(16)28-26(32)34-14-21-19-10-4-2-8-17(19)18-9-3-5-11-20(18)21/h2-5,8-11,16,21-23H,6-7,12-15H2,1H3,(H,27,29)(H,28,32)(H,30,31). The van der Waals surface area contributed by atoms with Gasteiger partial charge in [0.05, 0.1) is 6.61 Å². The molecule has 2 aromatic rings. The molecule has 2 aliphatic rings. The second-order valence-electron chi connectivity index (χ2n) is 8.89. The molecule has 2 amide bonds. The van der Waals surface area contributed by atoms with Crippen LogP contribution in [-0.4, -0.2) is 55.5 Å². The van der Waals surface area contributed by atoms with Gasteiger partial charge in [-0.15, -0.1) is 0 Å². The van der Waals surface area contributed by atoms with Crippen molar-refractivity contribution in [1.82, 2.24) is 10.6 Å². The highest BCUT2D eigenvalue weighted by Crippen LogP contribution is 2.44. The summed E-state index contributed by atoms with van der Waals surface area (Å²) in [6, 6.07) is 15.0. The van der Waals surface area contributed by atoms with Crippen molar-refractivity contribution in [3.05, 3.63) is 59.7 Å². The Bertz CT molecular complexity index is 1010. The van der Waals surface area contributed by atoms with Crippen molar-refractivity contribution in [2.24, 2.45) is 5.92 Å². The third-order valence-electron chi connectivity index (χ3n) is 6.72. The zero-order valence-electron chi connectivity index (χ0n) is 19.2.